The lowest BCUT2D eigenvalue weighted by molar-refractivity contribution is 0.774. The van der Waals surface area contributed by atoms with E-state index >= 15 is 0 Å². The molecule has 1 aromatic rings. The number of hydrogen-bond donors (Lipinski definition) is 1. The van der Waals surface area contributed by atoms with Crippen LogP contribution in [-0.2, 0) is 0 Å². The highest BCUT2D eigenvalue weighted by atomic mass is 35.5. The van der Waals surface area contributed by atoms with E-state index in [0.29, 0.717) is 12.5 Å². The summed E-state index contributed by atoms with van der Waals surface area (Å²) in [5, 5.41) is 0.751. The molecule has 1 atom stereocenters. The zero-order valence-corrected chi connectivity index (χ0v) is 9.43. The van der Waals surface area contributed by atoms with Gasteiger partial charge in [-0.15, -0.1) is 0 Å². The summed E-state index contributed by atoms with van der Waals surface area (Å²) in [5.41, 5.74) is 8.91. The van der Waals surface area contributed by atoms with Gasteiger partial charge < -0.3 is 5.73 Å². The first-order valence-corrected chi connectivity index (χ1v) is 5.09. The van der Waals surface area contributed by atoms with Crippen molar-refractivity contribution < 1.29 is 0 Å². The van der Waals surface area contributed by atoms with Gasteiger partial charge in [0, 0.05) is 5.02 Å². The molecule has 76 valence electrons. The molecule has 14 heavy (non-hydrogen) atoms. The Morgan fingerprint density at radius 1 is 1.50 bits per heavy atom. The van der Waals surface area contributed by atoms with E-state index < -0.39 is 0 Å². The van der Waals surface area contributed by atoms with Gasteiger partial charge >= 0.3 is 0 Å². The monoisotopic (exact) mass is 209 g/mol. The second kappa shape index (κ2) is 4.63. The summed E-state index contributed by atoms with van der Waals surface area (Å²) in [4.78, 5) is 0. The molecule has 0 saturated heterocycles. The van der Waals surface area contributed by atoms with Crippen LogP contribution in [0.1, 0.15) is 30.9 Å². The Morgan fingerprint density at radius 3 is 2.64 bits per heavy atom. The van der Waals surface area contributed by atoms with Crippen molar-refractivity contribution in [2.45, 2.75) is 19.8 Å². The third-order valence-corrected chi connectivity index (χ3v) is 2.55. The molecule has 1 unspecified atom stereocenters. The molecule has 0 heterocycles. The van der Waals surface area contributed by atoms with Crippen LogP contribution in [0.2, 0.25) is 5.02 Å². The lowest BCUT2D eigenvalue weighted by atomic mass is 9.97. The Balaban J connectivity index is 3.13. The zero-order chi connectivity index (χ0) is 10.7. The van der Waals surface area contributed by atoms with E-state index in [2.05, 4.69) is 19.6 Å². The van der Waals surface area contributed by atoms with Gasteiger partial charge in [-0.1, -0.05) is 36.7 Å². The highest BCUT2D eigenvalue weighted by molar-refractivity contribution is 6.30. The normalized spacial score (nSPS) is 12.6. The van der Waals surface area contributed by atoms with Crippen molar-refractivity contribution in [2.24, 2.45) is 5.73 Å². The fourth-order valence-corrected chi connectivity index (χ4v) is 1.52. The van der Waals surface area contributed by atoms with Crippen LogP contribution in [0.15, 0.2) is 24.8 Å². The summed E-state index contributed by atoms with van der Waals surface area (Å²) >= 11 is 6.01. The molecule has 1 nitrogen and oxygen atoms in total. The molecule has 0 spiro atoms. The summed E-state index contributed by atoms with van der Waals surface area (Å²) in [6, 6.07) is 5.99. The fourth-order valence-electron chi connectivity index (χ4n) is 1.28. The number of benzene rings is 1. The molecule has 0 bridgehead atoms. The zero-order valence-electron chi connectivity index (χ0n) is 8.68. The van der Waals surface area contributed by atoms with Crippen molar-refractivity contribution >= 4 is 17.2 Å². The van der Waals surface area contributed by atoms with Crippen molar-refractivity contribution in [1.29, 1.82) is 0 Å². The van der Waals surface area contributed by atoms with Crippen LogP contribution >= 0.6 is 11.6 Å². The first-order valence-electron chi connectivity index (χ1n) is 4.71. The topological polar surface area (TPSA) is 26.0 Å². The van der Waals surface area contributed by atoms with Gasteiger partial charge in [0.15, 0.2) is 0 Å². The Morgan fingerprint density at radius 2 is 2.14 bits per heavy atom. The Hall–Kier alpha value is -0.790. The second-order valence-electron chi connectivity index (χ2n) is 3.69. The first kappa shape index (κ1) is 11.3. The minimum atomic E-state index is 0.340. The van der Waals surface area contributed by atoms with Crippen LogP contribution in [0.5, 0.6) is 0 Å². The van der Waals surface area contributed by atoms with Crippen LogP contribution in [0, 0.1) is 0 Å². The number of rotatable bonds is 3. The maximum Gasteiger partial charge on any atom is 0.0414 e. The third-order valence-electron chi connectivity index (χ3n) is 2.34. The average molecular weight is 210 g/mol. The molecule has 0 fully saturated rings. The van der Waals surface area contributed by atoms with E-state index in [-0.39, 0.29) is 0 Å². The molecule has 0 radical (unpaired) electrons. The molecule has 2 heteroatoms. The van der Waals surface area contributed by atoms with Crippen LogP contribution in [0.25, 0.3) is 5.57 Å². The molecule has 2 N–H and O–H groups in total. The number of hydrogen-bond acceptors (Lipinski definition) is 1. The maximum atomic E-state index is 6.01. The molecule has 0 saturated carbocycles. The molecular weight excluding hydrogens is 194 g/mol. The standard InChI is InChI=1S/C12H16ClN/c1-8(2)10-4-11(9(3)7-14)6-12(13)5-10/h4-6,9H,1,7,14H2,2-3H3. The predicted octanol–water partition coefficient (Wildman–Crippen LogP) is 3.44. The van der Waals surface area contributed by atoms with Crippen molar-refractivity contribution in [1.82, 2.24) is 0 Å². The Bertz CT molecular complexity index is 344. The van der Waals surface area contributed by atoms with Crippen molar-refractivity contribution in [3.05, 3.63) is 40.9 Å². The molecule has 0 aliphatic rings. The smallest absolute Gasteiger partial charge is 0.0414 e. The predicted molar refractivity (Wildman–Crippen MR) is 63.6 cm³/mol. The molecule has 1 rings (SSSR count). The van der Waals surface area contributed by atoms with Gasteiger partial charge in [-0.2, -0.15) is 0 Å². The summed E-state index contributed by atoms with van der Waals surface area (Å²) in [6.07, 6.45) is 0. The van der Waals surface area contributed by atoms with Crippen molar-refractivity contribution in [2.75, 3.05) is 6.54 Å². The molecule has 0 aliphatic carbocycles. The van der Waals surface area contributed by atoms with Gasteiger partial charge in [0.1, 0.15) is 0 Å². The first-order chi connectivity index (χ1) is 6.54. The number of nitrogens with two attached hydrogens (primary N) is 1. The van der Waals surface area contributed by atoms with E-state index in [1.165, 1.54) is 5.56 Å². The maximum absolute atomic E-state index is 6.01. The van der Waals surface area contributed by atoms with E-state index in [0.717, 1.165) is 16.2 Å². The summed E-state index contributed by atoms with van der Waals surface area (Å²) < 4.78 is 0. The van der Waals surface area contributed by atoms with Crippen LogP contribution < -0.4 is 5.73 Å². The lowest BCUT2D eigenvalue weighted by Crippen LogP contribution is -2.09. The van der Waals surface area contributed by atoms with Gasteiger partial charge in [0.05, 0.1) is 0 Å². The van der Waals surface area contributed by atoms with Gasteiger partial charge in [0.2, 0.25) is 0 Å². The summed E-state index contributed by atoms with van der Waals surface area (Å²) in [7, 11) is 0. The van der Waals surface area contributed by atoms with E-state index in [4.69, 9.17) is 17.3 Å². The number of halogens is 1. The molecular formula is C12H16ClN. The van der Waals surface area contributed by atoms with Crippen LogP contribution in [0.4, 0.5) is 0 Å². The average Bonchev–Trinajstić information content (AvgIpc) is 2.15. The molecule has 0 aliphatic heterocycles. The minimum Gasteiger partial charge on any atom is -0.330 e. The summed E-state index contributed by atoms with van der Waals surface area (Å²) in [5.74, 6) is 0.340. The molecule has 0 amide bonds. The van der Waals surface area contributed by atoms with Gasteiger partial charge in [-0.05, 0) is 42.6 Å². The SMILES string of the molecule is C=C(C)c1cc(Cl)cc(C(C)CN)c1. The van der Waals surface area contributed by atoms with Crippen molar-refractivity contribution in [3.8, 4) is 0 Å². The molecule has 1 aromatic carbocycles. The second-order valence-corrected chi connectivity index (χ2v) is 4.13. The lowest BCUT2D eigenvalue weighted by Gasteiger charge is -2.11. The van der Waals surface area contributed by atoms with Gasteiger partial charge in [-0.3, -0.25) is 0 Å². The van der Waals surface area contributed by atoms with E-state index in [1.54, 1.807) is 0 Å². The fraction of sp³-hybridized carbons (Fsp3) is 0.333. The number of allylic oxidation sites excluding steroid dienone is 1. The van der Waals surface area contributed by atoms with Crippen molar-refractivity contribution in [3.63, 3.8) is 0 Å². The Kier molecular flexibility index (Phi) is 3.73. The van der Waals surface area contributed by atoms with Gasteiger partial charge in [0.25, 0.3) is 0 Å². The highest BCUT2D eigenvalue weighted by Crippen LogP contribution is 2.24. The molecule has 0 aromatic heterocycles. The minimum absolute atomic E-state index is 0.340. The third kappa shape index (κ3) is 2.60. The Labute approximate surface area is 90.6 Å². The largest absolute Gasteiger partial charge is 0.330 e. The van der Waals surface area contributed by atoms with Crippen LogP contribution in [0.3, 0.4) is 0 Å². The van der Waals surface area contributed by atoms with E-state index in [1.807, 2.05) is 19.1 Å². The quantitative estimate of drug-likeness (QED) is 0.811. The summed E-state index contributed by atoms with van der Waals surface area (Å²) in [6.45, 7) is 8.60. The highest BCUT2D eigenvalue weighted by Gasteiger charge is 2.06. The van der Waals surface area contributed by atoms with Gasteiger partial charge in [-0.25, -0.2) is 0 Å². The van der Waals surface area contributed by atoms with Crippen LogP contribution in [-0.4, -0.2) is 6.54 Å². The van der Waals surface area contributed by atoms with E-state index in [9.17, 15) is 0 Å².